The average Bonchev–Trinajstić information content (AvgIpc) is 3.23. The molecule has 1 saturated heterocycles. The van der Waals surface area contributed by atoms with E-state index in [1.165, 1.54) is 25.3 Å². The summed E-state index contributed by atoms with van der Waals surface area (Å²) in [6.07, 6.45) is 0. The van der Waals surface area contributed by atoms with Crippen LogP contribution in [0.4, 0.5) is 10.2 Å². The number of anilines is 1. The van der Waals surface area contributed by atoms with Crippen LogP contribution < -0.4 is 20.1 Å². The molecule has 1 fully saturated rings. The van der Waals surface area contributed by atoms with Crippen LogP contribution in [0.2, 0.25) is 0 Å². The molecule has 4 rings (SSSR count). The van der Waals surface area contributed by atoms with Crippen molar-refractivity contribution in [3.63, 3.8) is 0 Å². The highest BCUT2D eigenvalue weighted by atomic mass is 35.5. The van der Waals surface area contributed by atoms with Gasteiger partial charge in [-0.25, -0.2) is 14.4 Å². The maximum Gasteiger partial charge on any atom is 0.165 e. The molecule has 0 unspecified atom stereocenters. The third kappa shape index (κ3) is 5.38. The minimum absolute atomic E-state index is 0. The van der Waals surface area contributed by atoms with Gasteiger partial charge >= 0.3 is 0 Å². The molecule has 0 radical (unpaired) electrons. The first-order chi connectivity index (χ1) is 15.2. The van der Waals surface area contributed by atoms with Gasteiger partial charge in [-0.2, -0.15) is 0 Å². The van der Waals surface area contributed by atoms with E-state index >= 15 is 0 Å². The van der Waals surface area contributed by atoms with E-state index in [2.05, 4.69) is 20.6 Å². The molecule has 2 aromatic carbocycles. The highest BCUT2D eigenvalue weighted by Gasteiger charge is 2.38. The SMILES string of the molecule is COc1cc2nc(-c3cc(F)ccc3O)nc(N[C@@H]3CNC[C@H]3C(C)(C)O)c2cc1OC.Cl.Cl. The number of fused-ring (bicyclic) bond motifs is 1. The minimum Gasteiger partial charge on any atom is -0.507 e. The Morgan fingerprint density at radius 2 is 1.74 bits per heavy atom. The molecule has 34 heavy (non-hydrogen) atoms. The molecule has 1 aromatic heterocycles. The van der Waals surface area contributed by atoms with Crippen molar-refractivity contribution in [1.82, 2.24) is 15.3 Å². The second-order valence-corrected chi connectivity index (χ2v) is 8.45. The summed E-state index contributed by atoms with van der Waals surface area (Å²) in [4.78, 5) is 9.19. The number of benzene rings is 2. The van der Waals surface area contributed by atoms with Crippen LogP contribution in [0.15, 0.2) is 30.3 Å². The lowest BCUT2D eigenvalue weighted by molar-refractivity contribution is 0.0219. The third-order valence-electron chi connectivity index (χ3n) is 5.84. The van der Waals surface area contributed by atoms with Gasteiger partial charge in [0, 0.05) is 36.5 Å². The van der Waals surface area contributed by atoms with E-state index in [-0.39, 0.29) is 53.9 Å². The zero-order chi connectivity index (χ0) is 23.0. The largest absolute Gasteiger partial charge is 0.507 e. The fourth-order valence-corrected chi connectivity index (χ4v) is 4.12. The molecule has 0 bridgehead atoms. The quantitative estimate of drug-likeness (QED) is 0.393. The van der Waals surface area contributed by atoms with Gasteiger partial charge < -0.3 is 30.3 Å². The molecule has 0 amide bonds. The Labute approximate surface area is 209 Å². The third-order valence-corrected chi connectivity index (χ3v) is 5.84. The fraction of sp³-hybridized carbons (Fsp3) is 0.391. The number of nitrogens with zero attached hydrogens (tertiary/aromatic N) is 2. The van der Waals surface area contributed by atoms with Crippen LogP contribution in [0.1, 0.15) is 13.8 Å². The van der Waals surface area contributed by atoms with Gasteiger partial charge in [0.1, 0.15) is 17.4 Å². The number of nitrogens with one attached hydrogen (secondary N) is 2. The minimum atomic E-state index is -0.908. The predicted molar refractivity (Wildman–Crippen MR) is 134 cm³/mol. The number of aliphatic hydroxyl groups is 1. The molecule has 0 spiro atoms. The molecule has 2 heterocycles. The molecule has 2 atom stereocenters. The average molecular weight is 515 g/mol. The highest BCUT2D eigenvalue weighted by molar-refractivity contribution is 5.93. The van der Waals surface area contributed by atoms with Crippen molar-refractivity contribution in [2.24, 2.45) is 5.92 Å². The smallest absolute Gasteiger partial charge is 0.165 e. The fourth-order valence-electron chi connectivity index (χ4n) is 4.12. The number of aromatic nitrogens is 2. The normalized spacial score (nSPS) is 17.6. The molecule has 186 valence electrons. The van der Waals surface area contributed by atoms with Crippen molar-refractivity contribution >= 4 is 41.5 Å². The monoisotopic (exact) mass is 514 g/mol. The molecule has 11 heteroatoms. The zero-order valence-corrected chi connectivity index (χ0v) is 20.9. The Kier molecular flexibility index (Phi) is 8.76. The number of methoxy groups -OCH3 is 2. The van der Waals surface area contributed by atoms with Crippen molar-refractivity contribution < 1.29 is 24.1 Å². The van der Waals surface area contributed by atoms with E-state index in [1.807, 2.05) is 0 Å². The molecule has 1 aliphatic heterocycles. The Morgan fingerprint density at radius 3 is 2.38 bits per heavy atom. The molecule has 0 saturated carbocycles. The van der Waals surface area contributed by atoms with Crippen LogP contribution in [0.5, 0.6) is 17.2 Å². The second kappa shape index (κ2) is 10.8. The zero-order valence-electron chi connectivity index (χ0n) is 19.3. The molecule has 8 nitrogen and oxygen atoms in total. The molecule has 0 aliphatic carbocycles. The highest BCUT2D eigenvalue weighted by Crippen LogP contribution is 2.37. The summed E-state index contributed by atoms with van der Waals surface area (Å²) in [7, 11) is 3.07. The van der Waals surface area contributed by atoms with E-state index in [4.69, 9.17) is 9.47 Å². The molecule has 1 aliphatic rings. The first-order valence-corrected chi connectivity index (χ1v) is 10.3. The van der Waals surface area contributed by atoms with E-state index < -0.39 is 11.4 Å². The predicted octanol–water partition coefficient (Wildman–Crippen LogP) is 3.77. The summed E-state index contributed by atoms with van der Waals surface area (Å²) < 4.78 is 24.8. The van der Waals surface area contributed by atoms with Gasteiger partial charge in [0.15, 0.2) is 17.3 Å². The van der Waals surface area contributed by atoms with Crippen molar-refractivity contribution in [3.8, 4) is 28.6 Å². The number of hydrogen-bond acceptors (Lipinski definition) is 8. The Morgan fingerprint density at radius 1 is 1.06 bits per heavy atom. The van der Waals surface area contributed by atoms with Crippen molar-refractivity contribution in [2.45, 2.75) is 25.5 Å². The molecule has 3 aromatic rings. The summed E-state index contributed by atoms with van der Waals surface area (Å²) in [6, 6.07) is 7.00. The topological polar surface area (TPSA) is 109 Å². The lowest BCUT2D eigenvalue weighted by Gasteiger charge is -2.31. The molecular formula is C23H29Cl2FN4O4. The van der Waals surface area contributed by atoms with Crippen molar-refractivity contribution in [2.75, 3.05) is 32.6 Å². The van der Waals surface area contributed by atoms with Crippen molar-refractivity contribution in [1.29, 1.82) is 0 Å². The Hall–Kier alpha value is -2.59. The lowest BCUT2D eigenvalue weighted by atomic mass is 9.87. The summed E-state index contributed by atoms with van der Waals surface area (Å²) in [5.74, 6) is 0.929. The summed E-state index contributed by atoms with van der Waals surface area (Å²) >= 11 is 0. The van der Waals surface area contributed by atoms with E-state index in [1.54, 1.807) is 33.1 Å². The summed E-state index contributed by atoms with van der Waals surface area (Å²) in [5.41, 5.74) is -0.202. The van der Waals surface area contributed by atoms with Crippen LogP contribution in [-0.4, -0.2) is 59.1 Å². The standard InChI is InChI=1S/C23H27FN4O4.2ClH/c1-23(2,30)15-10-25-11-17(15)27-21-13-8-19(31-3)20(32-4)9-16(13)26-22(28-21)14-7-12(24)5-6-18(14)29;;/h5-9,15,17,25,29-30H,10-11H2,1-4H3,(H,26,27,28);2*1H/t15-,17-;;/m1../s1. The van der Waals surface area contributed by atoms with Crippen molar-refractivity contribution in [3.05, 3.63) is 36.1 Å². The van der Waals surface area contributed by atoms with E-state index in [0.717, 1.165) is 0 Å². The van der Waals surface area contributed by atoms with Gasteiger partial charge in [0.05, 0.1) is 30.9 Å². The van der Waals surface area contributed by atoms with Gasteiger partial charge in [0.25, 0.3) is 0 Å². The molecular weight excluding hydrogens is 486 g/mol. The number of aromatic hydroxyl groups is 1. The van der Waals surface area contributed by atoms with Crippen LogP contribution in [0.3, 0.4) is 0 Å². The van der Waals surface area contributed by atoms with E-state index in [9.17, 15) is 14.6 Å². The lowest BCUT2D eigenvalue weighted by Crippen LogP contribution is -2.42. The Balaban J connectivity index is 0.00000204. The van der Waals surface area contributed by atoms with Gasteiger partial charge in [-0.1, -0.05) is 0 Å². The van der Waals surface area contributed by atoms with Crippen LogP contribution in [0.25, 0.3) is 22.3 Å². The summed E-state index contributed by atoms with van der Waals surface area (Å²) in [5, 5.41) is 28.3. The van der Waals surface area contributed by atoms with Gasteiger partial charge in [0.2, 0.25) is 0 Å². The van der Waals surface area contributed by atoms with E-state index in [0.29, 0.717) is 41.3 Å². The summed E-state index contributed by atoms with van der Waals surface area (Å²) in [6.45, 7) is 4.84. The number of ether oxygens (including phenoxy) is 2. The van der Waals surface area contributed by atoms with Gasteiger partial charge in [-0.15, -0.1) is 24.8 Å². The number of phenolic OH excluding ortho intramolecular Hbond substituents is 1. The number of halogens is 3. The van der Waals surface area contributed by atoms with Crippen LogP contribution in [-0.2, 0) is 0 Å². The number of hydrogen-bond donors (Lipinski definition) is 4. The Bertz CT molecular complexity index is 1160. The number of rotatable bonds is 6. The first-order valence-electron chi connectivity index (χ1n) is 10.3. The maximum atomic E-state index is 13.9. The number of phenols is 1. The van der Waals surface area contributed by atoms with Crippen LogP contribution >= 0.6 is 24.8 Å². The van der Waals surface area contributed by atoms with Gasteiger partial charge in [-0.3, -0.25) is 0 Å². The second-order valence-electron chi connectivity index (χ2n) is 8.45. The van der Waals surface area contributed by atoms with Crippen LogP contribution in [0, 0.1) is 11.7 Å². The first kappa shape index (κ1) is 27.7. The van der Waals surface area contributed by atoms with Gasteiger partial charge in [-0.05, 0) is 38.1 Å². The maximum absolute atomic E-state index is 13.9. The molecule has 4 N–H and O–H groups in total.